The van der Waals surface area contributed by atoms with Crippen molar-refractivity contribution >= 4 is 52.5 Å². The quantitative estimate of drug-likeness (QED) is 0.330. The Labute approximate surface area is 197 Å². The van der Waals surface area contributed by atoms with E-state index in [1.165, 1.54) is 4.90 Å². The number of nitrogens with zero attached hydrogens (tertiary/aromatic N) is 2. The number of para-hydroxylation sites is 1. The standard InChI is InChI=1S/C25H22ClN3O2S/c1-14-9-15(2)11-19(10-14)28-16(3)12-18(17(28)4)13-20-23(30)27-25(32)29(24(20)31)22-8-6-5-7-21(22)26/h5-13H,1-4H3,(H,27,30,32)/b20-13+. The van der Waals surface area contributed by atoms with Crippen LogP contribution in [0.3, 0.4) is 0 Å². The van der Waals surface area contributed by atoms with E-state index in [9.17, 15) is 9.59 Å². The number of nitrogens with one attached hydrogen (secondary N) is 1. The Balaban J connectivity index is 1.79. The Morgan fingerprint density at radius 1 is 0.969 bits per heavy atom. The van der Waals surface area contributed by atoms with Crippen LogP contribution in [0.1, 0.15) is 28.1 Å². The second kappa shape index (κ2) is 8.37. The van der Waals surface area contributed by atoms with Gasteiger partial charge in [0.1, 0.15) is 5.57 Å². The van der Waals surface area contributed by atoms with Crippen LogP contribution in [0.15, 0.2) is 54.1 Å². The number of hydrogen-bond donors (Lipinski definition) is 1. The number of benzene rings is 2. The lowest BCUT2D eigenvalue weighted by Crippen LogP contribution is -2.54. The largest absolute Gasteiger partial charge is 0.318 e. The Kier molecular flexibility index (Phi) is 5.75. The summed E-state index contributed by atoms with van der Waals surface area (Å²) < 4.78 is 2.12. The molecular weight excluding hydrogens is 442 g/mol. The molecule has 0 unspecified atom stereocenters. The predicted molar refractivity (Wildman–Crippen MR) is 132 cm³/mol. The fourth-order valence-corrected chi connectivity index (χ4v) is 4.57. The highest BCUT2D eigenvalue weighted by Gasteiger charge is 2.35. The van der Waals surface area contributed by atoms with Gasteiger partial charge in [0.2, 0.25) is 0 Å². The molecule has 32 heavy (non-hydrogen) atoms. The van der Waals surface area contributed by atoms with E-state index < -0.39 is 11.8 Å². The van der Waals surface area contributed by atoms with Crippen molar-refractivity contribution in [1.29, 1.82) is 0 Å². The summed E-state index contributed by atoms with van der Waals surface area (Å²) in [6.07, 6.45) is 1.62. The van der Waals surface area contributed by atoms with Crippen LogP contribution < -0.4 is 10.2 Å². The van der Waals surface area contributed by atoms with Gasteiger partial charge in [-0.25, -0.2) is 0 Å². The molecule has 1 aliphatic heterocycles. The number of amides is 2. The molecule has 2 amide bonds. The van der Waals surface area contributed by atoms with Crippen molar-refractivity contribution < 1.29 is 9.59 Å². The number of carbonyl (C=O) groups is 2. The van der Waals surface area contributed by atoms with E-state index in [2.05, 4.69) is 41.9 Å². The highest BCUT2D eigenvalue weighted by Crippen LogP contribution is 2.30. The van der Waals surface area contributed by atoms with Gasteiger partial charge in [-0.15, -0.1) is 0 Å². The normalized spacial score (nSPS) is 15.5. The SMILES string of the molecule is Cc1cc(C)cc(-n2c(C)cc(/C=C3\C(=O)NC(=S)N(c4ccccc4Cl)C3=O)c2C)c1. The molecule has 0 saturated carbocycles. The van der Waals surface area contributed by atoms with Gasteiger partial charge in [-0.1, -0.05) is 29.8 Å². The third kappa shape index (κ3) is 3.87. The lowest BCUT2D eigenvalue weighted by atomic mass is 10.1. The minimum Gasteiger partial charge on any atom is -0.318 e. The van der Waals surface area contributed by atoms with Gasteiger partial charge in [-0.05, 0) is 93.0 Å². The number of rotatable bonds is 3. The minimum atomic E-state index is -0.528. The highest BCUT2D eigenvalue weighted by atomic mass is 35.5. The first kappa shape index (κ1) is 22.0. The van der Waals surface area contributed by atoms with Crippen molar-refractivity contribution in [2.45, 2.75) is 27.7 Å². The molecule has 1 aromatic heterocycles. The first-order valence-electron chi connectivity index (χ1n) is 10.1. The molecule has 3 aromatic rings. The number of carbonyl (C=O) groups excluding carboxylic acids is 2. The fraction of sp³-hybridized carbons (Fsp3) is 0.160. The van der Waals surface area contributed by atoms with E-state index in [0.29, 0.717) is 10.7 Å². The molecule has 0 spiro atoms. The maximum absolute atomic E-state index is 13.3. The van der Waals surface area contributed by atoms with Crippen molar-refractivity contribution in [3.05, 3.63) is 87.2 Å². The summed E-state index contributed by atoms with van der Waals surface area (Å²) in [5, 5.41) is 2.98. The van der Waals surface area contributed by atoms with Gasteiger partial charge in [0.05, 0.1) is 10.7 Å². The number of aromatic nitrogens is 1. The number of halogens is 1. The van der Waals surface area contributed by atoms with Gasteiger partial charge in [0, 0.05) is 17.1 Å². The third-order valence-electron chi connectivity index (χ3n) is 5.43. The molecule has 0 radical (unpaired) electrons. The van der Waals surface area contributed by atoms with Gasteiger partial charge < -0.3 is 4.57 Å². The molecule has 0 atom stereocenters. The van der Waals surface area contributed by atoms with Gasteiger partial charge in [0.25, 0.3) is 11.8 Å². The summed E-state index contributed by atoms with van der Waals surface area (Å²) >= 11 is 11.5. The third-order valence-corrected chi connectivity index (χ3v) is 6.03. The summed E-state index contributed by atoms with van der Waals surface area (Å²) in [7, 11) is 0. The van der Waals surface area contributed by atoms with Crippen molar-refractivity contribution in [2.24, 2.45) is 0 Å². The molecule has 0 aliphatic carbocycles. The molecule has 1 aliphatic rings. The van der Waals surface area contributed by atoms with Crippen LogP contribution in [0, 0.1) is 27.7 Å². The molecule has 4 rings (SSSR count). The molecule has 2 heterocycles. The van der Waals surface area contributed by atoms with Crippen LogP contribution in [0.5, 0.6) is 0 Å². The van der Waals surface area contributed by atoms with Crippen molar-refractivity contribution in [2.75, 3.05) is 4.90 Å². The first-order valence-corrected chi connectivity index (χ1v) is 10.9. The number of thiocarbonyl (C=S) groups is 1. The van der Waals surface area contributed by atoms with Crippen LogP contribution in [-0.2, 0) is 9.59 Å². The van der Waals surface area contributed by atoms with E-state index in [0.717, 1.165) is 33.8 Å². The lowest BCUT2D eigenvalue weighted by molar-refractivity contribution is -0.122. The maximum Gasteiger partial charge on any atom is 0.270 e. The molecule has 162 valence electrons. The number of anilines is 1. The molecule has 2 aromatic carbocycles. The van der Waals surface area contributed by atoms with E-state index in [1.807, 2.05) is 19.9 Å². The monoisotopic (exact) mass is 463 g/mol. The van der Waals surface area contributed by atoms with Crippen molar-refractivity contribution in [1.82, 2.24) is 9.88 Å². The summed E-state index contributed by atoms with van der Waals surface area (Å²) in [4.78, 5) is 27.3. The van der Waals surface area contributed by atoms with E-state index in [1.54, 1.807) is 30.3 Å². The fourth-order valence-electron chi connectivity index (χ4n) is 4.08. The summed E-state index contributed by atoms with van der Waals surface area (Å²) in [6, 6.07) is 15.2. The van der Waals surface area contributed by atoms with Gasteiger partial charge in [0.15, 0.2) is 5.11 Å². The second-order valence-electron chi connectivity index (χ2n) is 7.92. The molecule has 1 N–H and O–H groups in total. The van der Waals surface area contributed by atoms with Crippen LogP contribution in [0.25, 0.3) is 11.8 Å². The van der Waals surface area contributed by atoms with Crippen LogP contribution in [0.2, 0.25) is 5.02 Å². The Morgan fingerprint density at radius 3 is 2.28 bits per heavy atom. The molecule has 7 heteroatoms. The van der Waals surface area contributed by atoms with Crippen molar-refractivity contribution in [3.63, 3.8) is 0 Å². The van der Waals surface area contributed by atoms with Crippen molar-refractivity contribution in [3.8, 4) is 5.69 Å². The van der Waals surface area contributed by atoms with E-state index in [-0.39, 0.29) is 10.7 Å². The molecule has 0 bridgehead atoms. The Morgan fingerprint density at radius 2 is 1.62 bits per heavy atom. The zero-order valence-electron chi connectivity index (χ0n) is 18.2. The van der Waals surface area contributed by atoms with Gasteiger partial charge in [-0.3, -0.25) is 19.8 Å². The molecular formula is C25H22ClN3O2S. The lowest BCUT2D eigenvalue weighted by Gasteiger charge is -2.29. The maximum atomic E-state index is 13.3. The topological polar surface area (TPSA) is 54.3 Å². The molecule has 1 saturated heterocycles. The van der Waals surface area contributed by atoms with E-state index >= 15 is 0 Å². The Hall–Kier alpha value is -3.22. The summed E-state index contributed by atoms with van der Waals surface area (Å²) in [5.74, 6) is -1.04. The minimum absolute atomic E-state index is 0.000748. The zero-order chi connectivity index (χ0) is 23.2. The molecule has 5 nitrogen and oxygen atoms in total. The number of hydrogen-bond acceptors (Lipinski definition) is 3. The van der Waals surface area contributed by atoms with Crippen LogP contribution in [-0.4, -0.2) is 21.5 Å². The highest BCUT2D eigenvalue weighted by molar-refractivity contribution is 7.80. The average Bonchev–Trinajstić information content (AvgIpc) is 2.98. The first-order chi connectivity index (χ1) is 15.2. The van der Waals surface area contributed by atoms with Crippen LogP contribution in [0.4, 0.5) is 5.69 Å². The van der Waals surface area contributed by atoms with Gasteiger partial charge in [-0.2, -0.15) is 0 Å². The zero-order valence-corrected chi connectivity index (χ0v) is 19.8. The smallest absolute Gasteiger partial charge is 0.270 e. The average molecular weight is 464 g/mol. The summed E-state index contributed by atoms with van der Waals surface area (Å²) in [5.41, 5.74) is 6.51. The number of aryl methyl sites for hydroxylation is 3. The van der Waals surface area contributed by atoms with Crippen LogP contribution >= 0.6 is 23.8 Å². The second-order valence-corrected chi connectivity index (χ2v) is 8.71. The van der Waals surface area contributed by atoms with Gasteiger partial charge >= 0.3 is 0 Å². The predicted octanol–water partition coefficient (Wildman–Crippen LogP) is 5.20. The Bertz CT molecular complexity index is 1300. The molecule has 1 fully saturated rings. The summed E-state index contributed by atoms with van der Waals surface area (Å²) in [6.45, 7) is 8.09. The van der Waals surface area contributed by atoms with E-state index in [4.69, 9.17) is 23.8 Å².